The van der Waals surface area contributed by atoms with Gasteiger partial charge in [-0.3, -0.25) is 14.5 Å². The molecule has 0 saturated carbocycles. The molecule has 0 aromatic rings. The Hall–Kier alpha value is -1.10. The van der Waals surface area contributed by atoms with Crippen molar-refractivity contribution in [2.24, 2.45) is 0 Å². The van der Waals surface area contributed by atoms with E-state index < -0.39 is 0 Å². The highest BCUT2D eigenvalue weighted by atomic mass is 16.5. The zero-order valence-corrected chi connectivity index (χ0v) is 12.9. The lowest BCUT2D eigenvalue weighted by atomic mass is 10.1. The van der Waals surface area contributed by atoms with Crippen LogP contribution in [0.15, 0.2) is 0 Å². The monoisotopic (exact) mass is 272 g/mol. The number of nitrogens with one attached hydrogen (secondary N) is 1. The summed E-state index contributed by atoms with van der Waals surface area (Å²) in [5.41, 5.74) is 0. The molecule has 0 bridgehead atoms. The molecule has 0 saturated heterocycles. The average Bonchev–Trinajstić information content (AvgIpc) is 2.42. The van der Waals surface area contributed by atoms with Crippen molar-refractivity contribution in [3.63, 3.8) is 0 Å². The van der Waals surface area contributed by atoms with Crippen LogP contribution in [0.2, 0.25) is 0 Å². The number of hydrogen-bond acceptors (Lipinski definition) is 4. The summed E-state index contributed by atoms with van der Waals surface area (Å²) >= 11 is 0. The molecule has 0 aromatic carbocycles. The highest BCUT2D eigenvalue weighted by Crippen LogP contribution is 2.04. The number of esters is 1. The molecular formula is C14H28N2O3. The van der Waals surface area contributed by atoms with Gasteiger partial charge in [0.05, 0.1) is 19.7 Å². The predicted octanol–water partition coefficient (Wildman–Crippen LogP) is 1.56. The summed E-state index contributed by atoms with van der Waals surface area (Å²) in [5.74, 6) is -0.332. The van der Waals surface area contributed by atoms with Gasteiger partial charge in [-0.1, -0.05) is 20.8 Å². The van der Waals surface area contributed by atoms with Crippen LogP contribution in [0.5, 0.6) is 0 Å². The molecule has 0 radical (unpaired) electrons. The van der Waals surface area contributed by atoms with Crippen LogP contribution in [0.25, 0.3) is 0 Å². The zero-order valence-electron chi connectivity index (χ0n) is 12.9. The van der Waals surface area contributed by atoms with Crippen LogP contribution in [0.3, 0.4) is 0 Å². The minimum atomic E-state index is -0.320. The summed E-state index contributed by atoms with van der Waals surface area (Å²) in [6.45, 7) is 8.81. The molecule has 19 heavy (non-hydrogen) atoms. The zero-order chi connectivity index (χ0) is 14.8. The Morgan fingerprint density at radius 3 is 2.21 bits per heavy atom. The van der Waals surface area contributed by atoms with E-state index in [0.29, 0.717) is 6.54 Å². The van der Waals surface area contributed by atoms with Gasteiger partial charge >= 0.3 is 5.97 Å². The van der Waals surface area contributed by atoms with E-state index in [0.717, 1.165) is 19.3 Å². The number of ether oxygens (including phenoxy) is 1. The summed E-state index contributed by atoms with van der Waals surface area (Å²) < 4.78 is 4.67. The Balaban J connectivity index is 4.55. The molecule has 0 fully saturated rings. The van der Waals surface area contributed by atoms with Crippen LogP contribution in [-0.4, -0.2) is 49.1 Å². The van der Waals surface area contributed by atoms with E-state index in [4.69, 9.17) is 0 Å². The summed E-state index contributed by atoms with van der Waals surface area (Å²) in [5, 5.41) is 3.01. The first-order chi connectivity index (χ1) is 8.99. The van der Waals surface area contributed by atoms with Gasteiger partial charge in [-0.05, 0) is 32.7 Å². The van der Waals surface area contributed by atoms with Crippen LogP contribution < -0.4 is 5.32 Å². The van der Waals surface area contributed by atoms with E-state index in [1.165, 1.54) is 7.11 Å². The first-order valence-electron chi connectivity index (χ1n) is 7.11. The van der Waals surface area contributed by atoms with Gasteiger partial charge in [0.25, 0.3) is 0 Å². The maximum atomic E-state index is 12.2. The highest BCUT2D eigenvalue weighted by molar-refractivity contribution is 5.82. The third-order valence-electron chi connectivity index (χ3n) is 3.33. The number of methoxy groups -OCH3 is 1. The molecular weight excluding hydrogens is 244 g/mol. The van der Waals surface area contributed by atoms with E-state index in [1.807, 2.05) is 18.7 Å². The van der Waals surface area contributed by atoms with E-state index in [9.17, 15) is 9.59 Å². The normalized spacial score (nSPS) is 12.6. The van der Waals surface area contributed by atoms with Crippen molar-refractivity contribution in [2.45, 2.75) is 59.0 Å². The quantitative estimate of drug-likeness (QED) is 0.647. The van der Waals surface area contributed by atoms with Gasteiger partial charge in [-0.15, -0.1) is 0 Å². The summed E-state index contributed by atoms with van der Waals surface area (Å²) in [6, 6.07) is -0.115. The molecule has 0 rings (SSSR count). The first kappa shape index (κ1) is 17.9. The number of hydrogen-bond donors (Lipinski definition) is 1. The molecule has 0 aliphatic heterocycles. The maximum Gasteiger partial charge on any atom is 0.319 e. The topological polar surface area (TPSA) is 58.6 Å². The fourth-order valence-corrected chi connectivity index (χ4v) is 1.91. The van der Waals surface area contributed by atoms with Gasteiger partial charge in [0, 0.05) is 6.04 Å². The summed E-state index contributed by atoms with van der Waals surface area (Å²) in [4.78, 5) is 25.4. The first-order valence-corrected chi connectivity index (χ1v) is 7.11. The van der Waals surface area contributed by atoms with Gasteiger partial charge in [0.15, 0.2) is 0 Å². The molecule has 5 heteroatoms. The second-order valence-electron chi connectivity index (χ2n) is 4.74. The molecule has 5 nitrogen and oxygen atoms in total. The van der Waals surface area contributed by atoms with E-state index in [2.05, 4.69) is 23.9 Å². The van der Waals surface area contributed by atoms with Gasteiger partial charge in [0.1, 0.15) is 0 Å². The molecule has 1 unspecified atom stereocenters. The molecule has 0 aliphatic carbocycles. The van der Waals surface area contributed by atoms with Crippen LogP contribution in [-0.2, 0) is 14.3 Å². The Morgan fingerprint density at radius 2 is 1.79 bits per heavy atom. The van der Waals surface area contributed by atoms with Crippen molar-refractivity contribution in [2.75, 3.05) is 20.2 Å². The van der Waals surface area contributed by atoms with E-state index in [1.54, 1.807) is 0 Å². The standard InChI is InChI=1S/C14H28N2O3/c1-6-9-16(10-13(17)19-5)11(4)14(18)15-12(7-2)8-3/h11-12H,6-10H2,1-5H3,(H,15,18). The van der Waals surface area contributed by atoms with Crippen LogP contribution in [0.4, 0.5) is 0 Å². The van der Waals surface area contributed by atoms with Crippen LogP contribution in [0.1, 0.15) is 47.0 Å². The molecule has 1 amide bonds. The van der Waals surface area contributed by atoms with Crippen molar-refractivity contribution in [1.29, 1.82) is 0 Å². The van der Waals surface area contributed by atoms with Crippen LogP contribution in [0, 0.1) is 0 Å². The highest BCUT2D eigenvalue weighted by Gasteiger charge is 2.24. The Labute approximate surface area is 116 Å². The number of carbonyl (C=O) groups is 2. The largest absolute Gasteiger partial charge is 0.468 e. The Morgan fingerprint density at radius 1 is 1.21 bits per heavy atom. The summed E-state index contributed by atoms with van der Waals surface area (Å²) in [6.07, 6.45) is 2.72. The molecule has 0 spiro atoms. The third-order valence-corrected chi connectivity index (χ3v) is 3.33. The maximum absolute atomic E-state index is 12.2. The predicted molar refractivity (Wildman–Crippen MR) is 75.9 cm³/mol. The number of rotatable bonds is 9. The second-order valence-corrected chi connectivity index (χ2v) is 4.74. The summed E-state index contributed by atoms with van der Waals surface area (Å²) in [7, 11) is 1.36. The van der Waals surface area contributed by atoms with Crippen molar-refractivity contribution in [1.82, 2.24) is 10.2 Å². The van der Waals surface area contributed by atoms with Crippen molar-refractivity contribution in [3.8, 4) is 0 Å². The SMILES string of the molecule is CCCN(CC(=O)OC)C(C)C(=O)NC(CC)CC. The molecule has 1 atom stereocenters. The lowest BCUT2D eigenvalue weighted by Crippen LogP contribution is -2.49. The minimum absolute atomic E-state index is 0.0222. The fraction of sp³-hybridized carbons (Fsp3) is 0.857. The van der Waals surface area contributed by atoms with E-state index in [-0.39, 0.29) is 30.5 Å². The van der Waals surface area contributed by atoms with Gasteiger partial charge in [-0.25, -0.2) is 0 Å². The van der Waals surface area contributed by atoms with Crippen molar-refractivity contribution < 1.29 is 14.3 Å². The smallest absolute Gasteiger partial charge is 0.319 e. The number of amides is 1. The van der Waals surface area contributed by atoms with Crippen molar-refractivity contribution >= 4 is 11.9 Å². The third kappa shape index (κ3) is 6.57. The van der Waals surface area contributed by atoms with Gasteiger partial charge in [0.2, 0.25) is 5.91 Å². The minimum Gasteiger partial charge on any atom is -0.468 e. The number of carbonyl (C=O) groups excluding carboxylic acids is 2. The van der Waals surface area contributed by atoms with Crippen molar-refractivity contribution in [3.05, 3.63) is 0 Å². The average molecular weight is 272 g/mol. The molecule has 0 aromatic heterocycles. The van der Waals surface area contributed by atoms with Gasteiger partial charge < -0.3 is 10.1 Å². The number of nitrogens with zero attached hydrogens (tertiary/aromatic N) is 1. The molecule has 0 aliphatic rings. The molecule has 1 N–H and O–H groups in total. The Bertz CT molecular complexity index is 278. The lowest BCUT2D eigenvalue weighted by molar-refractivity contribution is -0.143. The van der Waals surface area contributed by atoms with Crippen LogP contribution >= 0.6 is 0 Å². The lowest BCUT2D eigenvalue weighted by Gasteiger charge is -2.28. The fourth-order valence-electron chi connectivity index (χ4n) is 1.91. The molecule has 112 valence electrons. The second kappa shape index (κ2) is 9.78. The Kier molecular flexibility index (Phi) is 9.21. The van der Waals surface area contributed by atoms with E-state index >= 15 is 0 Å². The van der Waals surface area contributed by atoms with Gasteiger partial charge in [-0.2, -0.15) is 0 Å². The molecule has 0 heterocycles.